The second kappa shape index (κ2) is 9.79. The second-order valence-electron chi connectivity index (χ2n) is 8.79. The average molecular weight is 471 g/mol. The van der Waals surface area contributed by atoms with Crippen LogP contribution in [0.3, 0.4) is 0 Å². The molecule has 0 bridgehead atoms. The summed E-state index contributed by atoms with van der Waals surface area (Å²) in [5, 5.41) is 4.97. The van der Waals surface area contributed by atoms with E-state index in [4.69, 9.17) is 16.6 Å². The Morgan fingerprint density at radius 2 is 1.56 bits per heavy atom. The molecule has 1 fully saturated rings. The molecule has 0 aliphatic carbocycles. The zero-order chi connectivity index (χ0) is 23.5. The van der Waals surface area contributed by atoms with E-state index in [1.807, 2.05) is 25.1 Å². The Hall–Kier alpha value is -3.48. The monoisotopic (exact) mass is 470 g/mol. The lowest BCUT2D eigenvalue weighted by molar-refractivity contribution is -0.929. The standard InChI is InChI=1S/C28H27N3O2S/c1-20-18-26(32)33-25-19-23(12-13-24(20)25)29-28(34)31-16-14-30(15-17-31)27(21-8-4-2-5-9-21)22-10-6-3-7-11-22/h2-13,18-19,27H,14-17H2,1H3,(H,29,34)/p+1. The Morgan fingerprint density at radius 1 is 0.941 bits per heavy atom. The minimum atomic E-state index is -0.338. The first-order valence-corrected chi connectivity index (χ1v) is 12.0. The van der Waals surface area contributed by atoms with Crippen molar-refractivity contribution in [3.8, 4) is 0 Å². The SMILES string of the molecule is Cc1cc(=O)oc2cc(NC(=S)N3CC[NH+](C(c4ccccc4)c4ccccc4)CC3)ccc12. The quantitative estimate of drug-likeness (QED) is 0.351. The van der Waals surface area contributed by atoms with Gasteiger partial charge < -0.3 is 19.5 Å². The topological polar surface area (TPSA) is 49.9 Å². The van der Waals surface area contributed by atoms with Crippen LogP contribution in [0.4, 0.5) is 5.69 Å². The summed E-state index contributed by atoms with van der Waals surface area (Å²) in [5.74, 6) is 0. The van der Waals surface area contributed by atoms with Crippen LogP contribution >= 0.6 is 12.2 Å². The molecule has 0 atom stereocenters. The van der Waals surface area contributed by atoms with Crippen molar-refractivity contribution in [1.29, 1.82) is 0 Å². The molecule has 2 N–H and O–H groups in total. The third kappa shape index (κ3) is 4.74. The number of anilines is 1. The lowest BCUT2D eigenvalue weighted by atomic mass is 9.96. The highest BCUT2D eigenvalue weighted by Crippen LogP contribution is 2.22. The van der Waals surface area contributed by atoms with Crippen molar-refractivity contribution in [2.75, 3.05) is 31.5 Å². The lowest BCUT2D eigenvalue weighted by Crippen LogP contribution is -3.15. The maximum absolute atomic E-state index is 11.8. The summed E-state index contributed by atoms with van der Waals surface area (Å²) in [6.07, 6.45) is 0. The van der Waals surface area contributed by atoms with Crippen LogP contribution in [0.15, 0.2) is 94.1 Å². The Bertz CT molecular complexity index is 1310. The predicted molar refractivity (Wildman–Crippen MR) is 140 cm³/mol. The number of hydrogen-bond donors (Lipinski definition) is 2. The van der Waals surface area contributed by atoms with E-state index in [2.05, 4.69) is 70.9 Å². The molecule has 2 heterocycles. The number of fused-ring (bicyclic) bond motifs is 1. The molecule has 1 aliphatic rings. The van der Waals surface area contributed by atoms with E-state index in [1.54, 1.807) is 4.90 Å². The Kier molecular flexibility index (Phi) is 6.43. The van der Waals surface area contributed by atoms with Crippen LogP contribution in [0.1, 0.15) is 22.7 Å². The van der Waals surface area contributed by atoms with Gasteiger partial charge in [0.15, 0.2) is 5.11 Å². The normalized spacial score (nSPS) is 14.5. The number of thiocarbonyl (C=S) groups is 1. The molecule has 4 aromatic rings. The lowest BCUT2D eigenvalue weighted by Gasteiger charge is -2.38. The molecule has 5 rings (SSSR count). The van der Waals surface area contributed by atoms with Gasteiger partial charge in [0.1, 0.15) is 11.6 Å². The van der Waals surface area contributed by atoms with Crippen LogP contribution in [-0.4, -0.2) is 36.2 Å². The summed E-state index contributed by atoms with van der Waals surface area (Å²) in [5.41, 5.74) is 4.64. The molecule has 34 heavy (non-hydrogen) atoms. The van der Waals surface area contributed by atoms with Gasteiger partial charge in [0.2, 0.25) is 0 Å². The van der Waals surface area contributed by atoms with Gasteiger partial charge in [-0.25, -0.2) is 4.79 Å². The van der Waals surface area contributed by atoms with Crippen LogP contribution in [-0.2, 0) is 0 Å². The van der Waals surface area contributed by atoms with E-state index in [0.29, 0.717) is 16.7 Å². The molecule has 172 valence electrons. The molecule has 5 nitrogen and oxygen atoms in total. The molecule has 0 unspecified atom stereocenters. The van der Waals surface area contributed by atoms with Crippen molar-refractivity contribution < 1.29 is 9.32 Å². The van der Waals surface area contributed by atoms with Crippen LogP contribution < -0.4 is 15.8 Å². The molecule has 6 heteroatoms. The van der Waals surface area contributed by atoms with Gasteiger partial charge in [-0.05, 0) is 36.8 Å². The van der Waals surface area contributed by atoms with E-state index < -0.39 is 0 Å². The number of aryl methyl sites for hydroxylation is 1. The van der Waals surface area contributed by atoms with Crippen molar-refractivity contribution in [2.45, 2.75) is 13.0 Å². The van der Waals surface area contributed by atoms with E-state index in [-0.39, 0.29) is 5.63 Å². The Labute approximate surface area is 204 Å². The van der Waals surface area contributed by atoms with Gasteiger partial charge in [0.05, 0.1) is 26.2 Å². The van der Waals surface area contributed by atoms with Gasteiger partial charge in [-0.1, -0.05) is 60.7 Å². The van der Waals surface area contributed by atoms with E-state index in [9.17, 15) is 4.79 Å². The van der Waals surface area contributed by atoms with Gasteiger partial charge in [-0.2, -0.15) is 0 Å². The highest BCUT2D eigenvalue weighted by molar-refractivity contribution is 7.80. The maximum atomic E-state index is 11.8. The molecule has 0 saturated carbocycles. The fourth-order valence-corrected chi connectivity index (χ4v) is 5.15. The van der Waals surface area contributed by atoms with Crippen LogP contribution in [0.2, 0.25) is 0 Å². The van der Waals surface area contributed by atoms with Crippen molar-refractivity contribution >= 4 is 34.0 Å². The van der Waals surface area contributed by atoms with Crippen molar-refractivity contribution in [3.05, 3.63) is 112 Å². The molecule has 1 aromatic heterocycles. The molecule has 0 amide bonds. The number of rotatable bonds is 4. The fraction of sp³-hybridized carbons (Fsp3) is 0.214. The fourth-order valence-electron chi connectivity index (χ4n) is 4.85. The zero-order valence-electron chi connectivity index (χ0n) is 19.2. The van der Waals surface area contributed by atoms with Gasteiger partial charge in [0, 0.05) is 34.3 Å². The summed E-state index contributed by atoms with van der Waals surface area (Å²) in [6.45, 7) is 5.64. The Morgan fingerprint density at radius 3 is 2.18 bits per heavy atom. The summed E-state index contributed by atoms with van der Waals surface area (Å²) >= 11 is 5.73. The average Bonchev–Trinajstić information content (AvgIpc) is 2.85. The van der Waals surface area contributed by atoms with Crippen LogP contribution in [0.25, 0.3) is 11.0 Å². The number of piperazine rings is 1. The molecule has 1 saturated heterocycles. The van der Waals surface area contributed by atoms with Crippen LogP contribution in [0.5, 0.6) is 0 Å². The third-order valence-corrected chi connectivity index (χ3v) is 6.93. The molecule has 3 aromatic carbocycles. The first-order valence-electron chi connectivity index (χ1n) is 11.6. The number of quaternary nitrogens is 1. The molecule has 1 aliphatic heterocycles. The predicted octanol–water partition coefficient (Wildman–Crippen LogP) is 3.79. The van der Waals surface area contributed by atoms with Gasteiger partial charge in [-0.15, -0.1) is 0 Å². The summed E-state index contributed by atoms with van der Waals surface area (Å²) < 4.78 is 5.38. The van der Waals surface area contributed by atoms with Gasteiger partial charge in [0.25, 0.3) is 0 Å². The largest absolute Gasteiger partial charge is 0.423 e. The molecular weight excluding hydrogens is 442 g/mol. The Balaban J connectivity index is 1.28. The molecule has 0 spiro atoms. The highest BCUT2D eigenvalue weighted by Gasteiger charge is 2.30. The van der Waals surface area contributed by atoms with Crippen molar-refractivity contribution in [1.82, 2.24) is 4.90 Å². The number of nitrogens with one attached hydrogen (secondary N) is 2. The number of benzene rings is 3. The van der Waals surface area contributed by atoms with Crippen LogP contribution in [0, 0.1) is 6.92 Å². The number of nitrogens with zero attached hydrogens (tertiary/aromatic N) is 1. The van der Waals surface area contributed by atoms with E-state index >= 15 is 0 Å². The van der Waals surface area contributed by atoms with Gasteiger partial charge >= 0.3 is 5.63 Å². The summed E-state index contributed by atoms with van der Waals surface area (Å²) in [6, 6.07) is 29.1. The minimum absolute atomic E-state index is 0.303. The summed E-state index contributed by atoms with van der Waals surface area (Å²) in [7, 11) is 0. The molecular formula is C28H28N3O2S+. The highest BCUT2D eigenvalue weighted by atomic mass is 32.1. The molecule has 0 radical (unpaired) electrons. The first-order chi connectivity index (χ1) is 16.6. The van der Waals surface area contributed by atoms with E-state index in [0.717, 1.165) is 42.8 Å². The number of hydrogen-bond acceptors (Lipinski definition) is 3. The third-order valence-electron chi connectivity index (χ3n) is 6.57. The summed E-state index contributed by atoms with van der Waals surface area (Å²) in [4.78, 5) is 15.5. The minimum Gasteiger partial charge on any atom is -0.423 e. The maximum Gasteiger partial charge on any atom is 0.336 e. The van der Waals surface area contributed by atoms with Crippen molar-refractivity contribution in [2.24, 2.45) is 0 Å². The van der Waals surface area contributed by atoms with E-state index in [1.165, 1.54) is 17.2 Å². The zero-order valence-corrected chi connectivity index (χ0v) is 20.0. The van der Waals surface area contributed by atoms with Gasteiger partial charge in [-0.3, -0.25) is 0 Å². The first kappa shape index (κ1) is 22.3. The second-order valence-corrected chi connectivity index (χ2v) is 9.18. The smallest absolute Gasteiger partial charge is 0.336 e. The van der Waals surface area contributed by atoms with Crippen molar-refractivity contribution in [3.63, 3.8) is 0 Å².